The van der Waals surface area contributed by atoms with Gasteiger partial charge in [0.05, 0.1) is 11.6 Å². The third-order valence-electron chi connectivity index (χ3n) is 6.08. The summed E-state index contributed by atoms with van der Waals surface area (Å²) in [4.78, 5) is 29.7. The number of nitrogens with zero attached hydrogens (tertiary/aromatic N) is 2. The Balaban J connectivity index is 2.11. The van der Waals surface area contributed by atoms with E-state index in [4.69, 9.17) is 0 Å². The van der Waals surface area contributed by atoms with E-state index in [1.807, 2.05) is 26.0 Å². The molecule has 0 aliphatic carbocycles. The molecule has 1 unspecified atom stereocenters. The van der Waals surface area contributed by atoms with Crippen LogP contribution in [0.1, 0.15) is 42.1 Å². The third kappa shape index (κ3) is 4.49. The van der Waals surface area contributed by atoms with E-state index in [1.54, 1.807) is 18.2 Å². The summed E-state index contributed by atoms with van der Waals surface area (Å²) in [6, 6.07) is 11.2. The summed E-state index contributed by atoms with van der Waals surface area (Å²) in [6.07, 6.45) is 0. The third-order valence-corrected chi connectivity index (χ3v) is 6.08. The number of aromatic hydroxyl groups is 1. The standard InChI is InChI=1S/C25H30N2O4/c1-5-26(6-2)13-14-27-22(18-9-11-20(28)12-10-18)21(24(30)25(27)31)23(29)19-8-7-16(3)17(4)15-19/h7-12,15,22,28-29H,5-6,13-14H2,1-4H3/b23-21-. The maximum absolute atomic E-state index is 13.0. The SMILES string of the molecule is CCN(CC)CCN1C(=O)C(=O)/C(=C(\O)c2ccc(C)c(C)c2)C1c1ccc(O)cc1. The minimum Gasteiger partial charge on any atom is -0.508 e. The molecule has 6 nitrogen and oxygen atoms in total. The topological polar surface area (TPSA) is 81.1 Å². The van der Waals surface area contributed by atoms with Gasteiger partial charge in [-0.3, -0.25) is 9.59 Å². The highest BCUT2D eigenvalue weighted by atomic mass is 16.3. The summed E-state index contributed by atoms with van der Waals surface area (Å²) in [7, 11) is 0. The molecule has 2 N–H and O–H groups in total. The fourth-order valence-corrected chi connectivity index (χ4v) is 3.95. The monoisotopic (exact) mass is 422 g/mol. The summed E-state index contributed by atoms with van der Waals surface area (Å²) >= 11 is 0. The molecule has 1 amide bonds. The zero-order chi connectivity index (χ0) is 22.7. The number of hydrogen-bond donors (Lipinski definition) is 2. The van der Waals surface area contributed by atoms with E-state index in [-0.39, 0.29) is 17.1 Å². The van der Waals surface area contributed by atoms with Crippen LogP contribution in [0.5, 0.6) is 5.75 Å². The summed E-state index contributed by atoms with van der Waals surface area (Å²) in [6.45, 7) is 10.7. The number of phenolic OH excluding ortho intramolecular Hbond substituents is 1. The van der Waals surface area contributed by atoms with E-state index in [0.717, 1.165) is 24.2 Å². The van der Waals surface area contributed by atoms with Crippen molar-refractivity contribution in [2.45, 2.75) is 33.7 Å². The Bertz CT molecular complexity index is 1010. The van der Waals surface area contributed by atoms with Crippen molar-refractivity contribution in [3.63, 3.8) is 0 Å². The number of aliphatic hydroxyl groups excluding tert-OH is 1. The van der Waals surface area contributed by atoms with Crippen molar-refractivity contribution in [3.8, 4) is 5.75 Å². The predicted octanol–water partition coefficient (Wildman–Crippen LogP) is 3.77. The van der Waals surface area contributed by atoms with Crippen molar-refractivity contribution in [2.75, 3.05) is 26.2 Å². The fourth-order valence-electron chi connectivity index (χ4n) is 3.95. The molecule has 0 bridgehead atoms. The number of aliphatic hydroxyl groups is 1. The first-order valence-electron chi connectivity index (χ1n) is 10.7. The van der Waals surface area contributed by atoms with Gasteiger partial charge in [-0.1, -0.05) is 38.1 Å². The van der Waals surface area contributed by atoms with Crippen LogP contribution in [0.3, 0.4) is 0 Å². The van der Waals surface area contributed by atoms with Gasteiger partial charge in [-0.2, -0.15) is 0 Å². The van der Waals surface area contributed by atoms with Gasteiger partial charge in [0.2, 0.25) is 0 Å². The second-order valence-electron chi connectivity index (χ2n) is 7.91. The Labute approximate surface area is 183 Å². The Hall–Kier alpha value is -3.12. The van der Waals surface area contributed by atoms with Gasteiger partial charge in [0.1, 0.15) is 11.5 Å². The maximum atomic E-state index is 13.0. The van der Waals surface area contributed by atoms with E-state index in [0.29, 0.717) is 24.2 Å². The Morgan fingerprint density at radius 1 is 1.00 bits per heavy atom. The number of rotatable bonds is 7. The molecule has 0 radical (unpaired) electrons. The number of aryl methyl sites for hydroxylation is 2. The molecule has 1 atom stereocenters. The fraction of sp³-hybridized carbons (Fsp3) is 0.360. The molecule has 0 spiro atoms. The van der Waals surface area contributed by atoms with Gasteiger partial charge in [0.15, 0.2) is 0 Å². The first kappa shape index (κ1) is 22.6. The average Bonchev–Trinajstić information content (AvgIpc) is 3.01. The number of amides is 1. The zero-order valence-corrected chi connectivity index (χ0v) is 18.6. The average molecular weight is 423 g/mol. The largest absolute Gasteiger partial charge is 0.508 e. The van der Waals surface area contributed by atoms with Gasteiger partial charge in [-0.05, 0) is 61.8 Å². The molecular weight excluding hydrogens is 392 g/mol. The van der Waals surface area contributed by atoms with Crippen LogP contribution in [-0.2, 0) is 9.59 Å². The van der Waals surface area contributed by atoms with Gasteiger partial charge in [-0.15, -0.1) is 0 Å². The molecule has 164 valence electrons. The zero-order valence-electron chi connectivity index (χ0n) is 18.6. The molecule has 3 rings (SSSR count). The minimum atomic E-state index is -0.710. The number of carbonyl (C=O) groups excluding carboxylic acids is 2. The van der Waals surface area contributed by atoms with E-state index in [1.165, 1.54) is 17.0 Å². The summed E-state index contributed by atoms with van der Waals surface area (Å²) in [5.41, 5.74) is 3.32. The molecule has 2 aromatic rings. The van der Waals surface area contributed by atoms with Crippen LogP contribution in [0, 0.1) is 13.8 Å². The molecule has 1 fully saturated rings. The highest BCUT2D eigenvalue weighted by molar-refractivity contribution is 6.46. The van der Waals surface area contributed by atoms with E-state index >= 15 is 0 Å². The van der Waals surface area contributed by atoms with Crippen LogP contribution in [0.4, 0.5) is 0 Å². The van der Waals surface area contributed by atoms with Gasteiger partial charge in [0, 0.05) is 18.7 Å². The number of likely N-dealkylation sites (tertiary alicyclic amines) is 1. The number of benzene rings is 2. The van der Waals surface area contributed by atoms with Gasteiger partial charge < -0.3 is 20.0 Å². The number of ketones is 1. The highest BCUT2D eigenvalue weighted by Crippen LogP contribution is 2.39. The Kier molecular flexibility index (Phi) is 6.81. The summed E-state index contributed by atoms with van der Waals surface area (Å²) in [5.74, 6) is -1.38. The first-order chi connectivity index (χ1) is 14.8. The van der Waals surface area contributed by atoms with Crippen molar-refractivity contribution < 1.29 is 19.8 Å². The van der Waals surface area contributed by atoms with Crippen LogP contribution >= 0.6 is 0 Å². The van der Waals surface area contributed by atoms with Crippen molar-refractivity contribution in [3.05, 3.63) is 70.3 Å². The number of Topliss-reactive ketones (excluding diaryl/α,β-unsaturated/α-hetero) is 1. The van der Waals surface area contributed by atoms with Crippen LogP contribution in [0.25, 0.3) is 5.76 Å². The molecule has 1 saturated heterocycles. The molecule has 1 heterocycles. The number of phenols is 1. The first-order valence-corrected chi connectivity index (χ1v) is 10.7. The number of likely N-dealkylation sites (N-methyl/N-ethyl adjacent to an activating group) is 1. The minimum absolute atomic E-state index is 0.0819. The second kappa shape index (κ2) is 9.35. The van der Waals surface area contributed by atoms with Crippen LogP contribution in [-0.4, -0.2) is 57.9 Å². The lowest BCUT2D eigenvalue weighted by Crippen LogP contribution is -2.38. The molecule has 1 aliphatic rings. The molecule has 0 saturated carbocycles. The van der Waals surface area contributed by atoms with Gasteiger partial charge in [0.25, 0.3) is 11.7 Å². The van der Waals surface area contributed by atoms with Gasteiger partial charge >= 0.3 is 0 Å². The predicted molar refractivity (Wildman–Crippen MR) is 121 cm³/mol. The normalized spacial score (nSPS) is 18.2. The lowest BCUT2D eigenvalue weighted by molar-refractivity contribution is -0.140. The summed E-state index contributed by atoms with van der Waals surface area (Å²) in [5, 5.41) is 20.8. The maximum Gasteiger partial charge on any atom is 0.295 e. The molecule has 2 aromatic carbocycles. The molecule has 31 heavy (non-hydrogen) atoms. The van der Waals surface area contributed by atoms with E-state index in [2.05, 4.69) is 18.7 Å². The quantitative estimate of drug-likeness (QED) is 0.403. The van der Waals surface area contributed by atoms with E-state index < -0.39 is 17.7 Å². The van der Waals surface area contributed by atoms with Gasteiger partial charge in [-0.25, -0.2) is 0 Å². The van der Waals surface area contributed by atoms with Crippen LogP contribution < -0.4 is 0 Å². The Morgan fingerprint density at radius 2 is 1.65 bits per heavy atom. The Morgan fingerprint density at radius 3 is 2.23 bits per heavy atom. The van der Waals surface area contributed by atoms with Crippen molar-refractivity contribution in [1.82, 2.24) is 9.80 Å². The number of hydrogen-bond acceptors (Lipinski definition) is 5. The lowest BCUT2D eigenvalue weighted by atomic mass is 9.94. The smallest absolute Gasteiger partial charge is 0.295 e. The van der Waals surface area contributed by atoms with Crippen molar-refractivity contribution in [1.29, 1.82) is 0 Å². The summed E-state index contributed by atoms with van der Waals surface area (Å²) < 4.78 is 0. The highest BCUT2D eigenvalue weighted by Gasteiger charge is 2.45. The van der Waals surface area contributed by atoms with E-state index in [9.17, 15) is 19.8 Å². The molecular formula is C25H30N2O4. The lowest BCUT2D eigenvalue weighted by Gasteiger charge is -2.28. The second-order valence-corrected chi connectivity index (χ2v) is 7.91. The van der Waals surface area contributed by atoms with Crippen molar-refractivity contribution >= 4 is 17.4 Å². The van der Waals surface area contributed by atoms with Crippen LogP contribution in [0.2, 0.25) is 0 Å². The van der Waals surface area contributed by atoms with Crippen molar-refractivity contribution in [2.24, 2.45) is 0 Å². The molecule has 0 aromatic heterocycles. The molecule has 6 heteroatoms. The molecule has 1 aliphatic heterocycles. The van der Waals surface area contributed by atoms with Crippen LogP contribution in [0.15, 0.2) is 48.0 Å². The number of carbonyl (C=O) groups is 2.